The Balaban J connectivity index is 3.29. The molecule has 0 heterocycles. The van der Waals surface area contributed by atoms with E-state index in [-0.39, 0.29) is 0 Å². The largest absolute Gasteiger partial charge is 0.420 e. The van der Waals surface area contributed by atoms with Gasteiger partial charge in [-0.15, -0.1) is 0 Å². The van der Waals surface area contributed by atoms with E-state index < -0.39 is 9.04 Å². The van der Waals surface area contributed by atoms with Crippen molar-refractivity contribution in [1.29, 1.82) is 0 Å². The lowest BCUT2D eigenvalue weighted by Gasteiger charge is -2.12. The summed E-state index contributed by atoms with van der Waals surface area (Å²) in [5.41, 5.74) is 0.796. The third-order valence-corrected chi connectivity index (χ3v) is 4.07. The molecule has 49 valence electrons. The molecule has 0 spiro atoms. The van der Waals surface area contributed by atoms with E-state index in [2.05, 4.69) is 20.4 Å². The summed E-state index contributed by atoms with van der Waals surface area (Å²) in [4.78, 5) is 0. The van der Waals surface area contributed by atoms with Crippen molar-refractivity contribution in [2.24, 2.45) is 0 Å². The molecule has 0 aromatic rings. The maximum Gasteiger partial charge on any atom is 0.210 e. The summed E-state index contributed by atoms with van der Waals surface area (Å²) in [7, 11) is 1.35. The van der Waals surface area contributed by atoms with Crippen molar-refractivity contribution in [3.8, 4) is 0 Å². The summed E-state index contributed by atoms with van der Waals surface area (Å²) in [5.74, 6) is 0. The second-order valence-electron chi connectivity index (χ2n) is 2.12. The average molecular weight is 131 g/mol. The lowest BCUT2D eigenvalue weighted by atomic mass is 10.4. The van der Waals surface area contributed by atoms with Crippen LogP contribution in [0.5, 0.6) is 0 Å². The summed E-state index contributed by atoms with van der Waals surface area (Å²) >= 11 is 0. The minimum absolute atomic E-state index is 0.458. The van der Waals surface area contributed by atoms with E-state index in [1.807, 2.05) is 0 Å². The van der Waals surface area contributed by atoms with E-state index in [4.69, 9.17) is 4.43 Å². The zero-order valence-electron chi connectivity index (χ0n) is 6.19. The average Bonchev–Trinajstić information content (AvgIpc) is 1.84. The first kappa shape index (κ1) is 8.18. The summed E-state index contributed by atoms with van der Waals surface area (Å²) in [5, 5.41) is 0. The smallest absolute Gasteiger partial charge is 0.210 e. The van der Waals surface area contributed by atoms with Gasteiger partial charge in [0.15, 0.2) is 0 Å². The standard InChI is InChI=1S/C6H15OSi/c1-5-6(2)8(4)7-3/h6H,5H2,1-4H3. The molecule has 0 N–H and O–H groups in total. The highest BCUT2D eigenvalue weighted by atomic mass is 28.3. The highest BCUT2D eigenvalue weighted by Gasteiger charge is 2.10. The van der Waals surface area contributed by atoms with Gasteiger partial charge in [-0.25, -0.2) is 0 Å². The van der Waals surface area contributed by atoms with E-state index in [0.29, 0.717) is 0 Å². The van der Waals surface area contributed by atoms with E-state index in [9.17, 15) is 0 Å². The Morgan fingerprint density at radius 2 is 2.12 bits per heavy atom. The van der Waals surface area contributed by atoms with Crippen LogP contribution < -0.4 is 0 Å². The predicted octanol–water partition coefficient (Wildman–Crippen LogP) is 2.05. The summed E-state index contributed by atoms with van der Waals surface area (Å²) in [6.07, 6.45) is 1.25. The Bertz CT molecular complexity index is 48.5. The molecular weight excluding hydrogens is 116 g/mol. The predicted molar refractivity (Wildman–Crippen MR) is 38.3 cm³/mol. The molecule has 1 nitrogen and oxygen atoms in total. The molecule has 0 saturated heterocycles. The minimum atomic E-state index is -0.458. The lowest BCUT2D eigenvalue weighted by molar-refractivity contribution is 0.412. The number of rotatable bonds is 3. The first-order chi connectivity index (χ1) is 3.72. The molecule has 8 heavy (non-hydrogen) atoms. The maximum absolute atomic E-state index is 5.20. The highest BCUT2D eigenvalue weighted by molar-refractivity contribution is 6.51. The van der Waals surface area contributed by atoms with Crippen molar-refractivity contribution < 1.29 is 4.43 Å². The first-order valence-electron chi connectivity index (χ1n) is 3.09. The van der Waals surface area contributed by atoms with Crippen molar-refractivity contribution >= 4 is 9.04 Å². The molecule has 0 aliphatic heterocycles. The van der Waals surface area contributed by atoms with Gasteiger partial charge in [0.25, 0.3) is 0 Å². The van der Waals surface area contributed by atoms with E-state index in [1.54, 1.807) is 7.11 Å². The fourth-order valence-electron chi connectivity index (χ4n) is 0.489. The second-order valence-corrected chi connectivity index (χ2v) is 4.74. The van der Waals surface area contributed by atoms with Gasteiger partial charge in [0.2, 0.25) is 9.04 Å². The molecule has 1 radical (unpaired) electrons. The molecule has 0 aromatic heterocycles. The molecule has 0 saturated carbocycles. The third-order valence-electron chi connectivity index (χ3n) is 1.63. The van der Waals surface area contributed by atoms with Crippen LogP contribution in [0.3, 0.4) is 0 Å². The Morgan fingerprint density at radius 3 is 2.25 bits per heavy atom. The van der Waals surface area contributed by atoms with Gasteiger partial charge in [-0.05, 0) is 12.1 Å². The second kappa shape index (κ2) is 4.10. The first-order valence-corrected chi connectivity index (χ1v) is 5.08. The molecule has 0 fully saturated rings. The van der Waals surface area contributed by atoms with Crippen molar-refractivity contribution in [2.45, 2.75) is 32.4 Å². The molecule has 0 aliphatic rings. The Hall–Kier alpha value is 0.177. The van der Waals surface area contributed by atoms with Gasteiger partial charge in [0, 0.05) is 7.11 Å². The van der Waals surface area contributed by atoms with Crippen molar-refractivity contribution in [3.63, 3.8) is 0 Å². The number of hydrogen-bond donors (Lipinski definition) is 0. The lowest BCUT2D eigenvalue weighted by Crippen LogP contribution is -2.15. The van der Waals surface area contributed by atoms with Crippen LogP contribution in [0.2, 0.25) is 12.1 Å². The fourth-order valence-corrected chi connectivity index (χ4v) is 1.47. The molecule has 0 aliphatic carbocycles. The van der Waals surface area contributed by atoms with Crippen LogP contribution in [0.15, 0.2) is 0 Å². The van der Waals surface area contributed by atoms with Crippen LogP contribution >= 0.6 is 0 Å². The van der Waals surface area contributed by atoms with Gasteiger partial charge >= 0.3 is 0 Å². The Morgan fingerprint density at radius 1 is 1.62 bits per heavy atom. The molecule has 0 rings (SSSR count). The van der Waals surface area contributed by atoms with E-state index >= 15 is 0 Å². The zero-order valence-corrected chi connectivity index (χ0v) is 7.19. The fraction of sp³-hybridized carbons (Fsp3) is 1.00. The van der Waals surface area contributed by atoms with Gasteiger partial charge in [-0.2, -0.15) is 0 Å². The van der Waals surface area contributed by atoms with E-state index in [1.165, 1.54) is 6.42 Å². The van der Waals surface area contributed by atoms with E-state index in [0.717, 1.165) is 5.54 Å². The van der Waals surface area contributed by atoms with Gasteiger partial charge in [0.1, 0.15) is 0 Å². The third kappa shape index (κ3) is 2.48. The van der Waals surface area contributed by atoms with Gasteiger partial charge in [0.05, 0.1) is 0 Å². The van der Waals surface area contributed by atoms with Crippen molar-refractivity contribution in [1.82, 2.24) is 0 Å². The maximum atomic E-state index is 5.20. The van der Waals surface area contributed by atoms with Gasteiger partial charge in [-0.3, -0.25) is 0 Å². The topological polar surface area (TPSA) is 9.23 Å². The van der Waals surface area contributed by atoms with Crippen LogP contribution in [0.25, 0.3) is 0 Å². The van der Waals surface area contributed by atoms with Crippen LogP contribution in [-0.2, 0) is 4.43 Å². The van der Waals surface area contributed by atoms with Crippen LogP contribution in [0, 0.1) is 0 Å². The Kier molecular flexibility index (Phi) is 4.19. The van der Waals surface area contributed by atoms with Crippen LogP contribution in [0.1, 0.15) is 20.3 Å². The zero-order chi connectivity index (χ0) is 6.57. The monoisotopic (exact) mass is 131 g/mol. The minimum Gasteiger partial charge on any atom is -0.420 e. The quantitative estimate of drug-likeness (QED) is 0.533. The van der Waals surface area contributed by atoms with Crippen LogP contribution in [-0.4, -0.2) is 16.2 Å². The van der Waals surface area contributed by atoms with Crippen molar-refractivity contribution in [2.75, 3.05) is 7.11 Å². The Labute approximate surface area is 53.8 Å². The molecule has 1 atom stereocenters. The highest BCUT2D eigenvalue weighted by Crippen LogP contribution is 2.12. The summed E-state index contributed by atoms with van der Waals surface area (Å²) < 4.78 is 5.20. The van der Waals surface area contributed by atoms with Crippen molar-refractivity contribution in [3.05, 3.63) is 0 Å². The molecule has 2 heteroatoms. The van der Waals surface area contributed by atoms with Gasteiger partial charge < -0.3 is 4.43 Å². The molecule has 0 aromatic carbocycles. The van der Waals surface area contributed by atoms with Crippen LogP contribution in [0.4, 0.5) is 0 Å². The number of hydrogen-bond acceptors (Lipinski definition) is 1. The molecule has 0 amide bonds. The SMILES string of the molecule is CCC(C)[Si](C)OC. The molecule has 1 unspecified atom stereocenters. The molecule has 0 bridgehead atoms. The normalized spacial score (nSPS) is 14.6. The van der Waals surface area contributed by atoms with Gasteiger partial charge in [-0.1, -0.05) is 20.3 Å². The summed E-state index contributed by atoms with van der Waals surface area (Å²) in [6, 6.07) is 0. The summed E-state index contributed by atoms with van der Waals surface area (Å²) in [6.45, 7) is 6.66. The molecular formula is C6H15OSi.